The largest absolute Gasteiger partial charge is 0.491 e. The lowest BCUT2D eigenvalue weighted by molar-refractivity contribution is 0.0679. The predicted octanol–water partition coefficient (Wildman–Crippen LogP) is 2.74. The Hall–Kier alpha value is -1.06. The highest BCUT2D eigenvalue weighted by molar-refractivity contribution is 5.27. The van der Waals surface area contributed by atoms with E-state index in [1.54, 1.807) is 0 Å². The smallest absolute Gasteiger partial charge is 0.119 e. The molecule has 18 heavy (non-hydrogen) atoms. The molecule has 0 spiro atoms. The van der Waals surface area contributed by atoms with Crippen LogP contribution in [0.3, 0.4) is 0 Å². The topological polar surface area (TPSA) is 30.5 Å². The number of nitrogens with one attached hydrogen (secondary N) is 1. The fraction of sp³-hybridized carbons (Fsp3) is 0.600. The molecule has 0 aromatic heterocycles. The molecular formula is C15H23NO2. The Morgan fingerprint density at radius 2 is 2.17 bits per heavy atom. The maximum Gasteiger partial charge on any atom is 0.119 e. The molecular weight excluding hydrogens is 226 g/mol. The molecule has 1 N–H and O–H groups in total. The van der Waals surface area contributed by atoms with E-state index < -0.39 is 0 Å². The molecule has 0 aliphatic carbocycles. The molecule has 1 unspecified atom stereocenters. The van der Waals surface area contributed by atoms with Crippen molar-refractivity contribution in [3.8, 4) is 5.75 Å². The third-order valence-corrected chi connectivity index (χ3v) is 3.14. The van der Waals surface area contributed by atoms with Gasteiger partial charge in [0.05, 0.1) is 6.10 Å². The number of ether oxygens (including phenoxy) is 2. The highest BCUT2D eigenvalue weighted by Gasteiger charge is 2.15. The van der Waals surface area contributed by atoms with Gasteiger partial charge in [0.15, 0.2) is 0 Å². The molecule has 3 heteroatoms. The normalized spacial score (nSPS) is 19.1. The molecule has 0 amide bonds. The van der Waals surface area contributed by atoms with Gasteiger partial charge in [-0.15, -0.1) is 0 Å². The Bertz CT molecular complexity index is 331. The van der Waals surface area contributed by atoms with Crippen molar-refractivity contribution in [3.05, 3.63) is 29.8 Å². The molecule has 0 bridgehead atoms. The van der Waals surface area contributed by atoms with Crippen LogP contribution in [0.15, 0.2) is 24.3 Å². The van der Waals surface area contributed by atoms with E-state index in [1.807, 2.05) is 12.1 Å². The summed E-state index contributed by atoms with van der Waals surface area (Å²) in [5.41, 5.74) is 1.30. The maximum absolute atomic E-state index is 5.73. The molecule has 0 saturated carbocycles. The van der Waals surface area contributed by atoms with Gasteiger partial charge in [-0.25, -0.2) is 0 Å². The van der Waals surface area contributed by atoms with E-state index in [-0.39, 0.29) is 6.10 Å². The van der Waals surface area contributed by atoms with Gasteiger partial charge in [-0.2, -0.15) is 0 Å². The first-order chi connectivity index (χ1) is 8.88. The van der Waals surface area contributed by atoms with Crippen LogP contribution in [0.2, 0.25) is 0 Å². The molecule has 0 radical (unpaired) electrons. The standard InChI is InChI=1S/C15H23NO2/c1-2-9-16-11-13-5-7-14(8-6-13)18-12-15-4-3-10-17-15/h5-8,15-16H,2-4,9-12H2,1H3. The van der Waals surface area contributed by atoms with Gasteiger partial charge in [-0.1, -0.05) is 19.1 Å². The van der Waals surface area contributed by atoms with Gasteiger partial charge < -0.3 is 14.8 Å². The molecule has 1 heterocycles. The van der Waals surface area contributed by atoms with Crippen LogP contribution < -0.4 is 10.1 Å². The third kappa shape index (κ3) is 4.31. The second-order valence-electron chi connectivity index (χ2n) is 4.77. The fourth-order valence-corrected chi connectivity index (χ4v) is 2.08. The predicted molar refractivity (Wildman–Crippen MR) is 72.9 cm³/mol. The van der Waals surface area contributed by atoms with E-state index in [2.05, 4.69) is 24.4 Å². The summed E-state index contributed by atoms with van der Waals surface area (Å²) in [6.07, 6.45) is 3.74. The summed E-state index contributed by atoms with van der Waals surface area (Å²) in [6.45, 7) is 5.73. The van der Waals surface area contributed by atoms with E-state index in [1.165, 1.54) is 12.0 Å². The van der Waals surface area contributed by atoms with Crippen molar-refractivity contribution in [2.24, 2.45) is 0 Å². The molecule has 1 fully saturated rings. The highest BCUT2D eigenvalue weighted by atomic mass is 16.5. The molecule has 100 valence electrons. The maximum atomic E-state index is 5.73. The van der Waals surface area contributed by atoms with Crippen LogP contribution in [0, 0.1) is 0 Å². The summed E-state index contributed by atoms with van der Waals surface area (Å²) < 4.78 is 11.3. The second-order valence-corrected chi connectivity index (χ2v) is 4.77. The minimum absolute atomic E-state index is 0.288. The molecule has 3 nitrogen and oxygen atoms in total. The average Bonchev–Trinajstić information content (AvgIpc) is 2.91. The molecule has 2 rings (SSSR count). The first-order valence-electron chi connectivity index (χ1n) is 6.92. The molecule has 1 aliphatic rings. The van der Waals surface area contributed by atoms with E-state index in [0.717, 1.165) is 38.3 Å². The van der Waals surface area contributed by atoms with Gasteiger partial charge in [0.1, 0.15) is 12.4 Å². The van der Waals surface area contributed by atoms with Crippen molar-refractivity contribution in [2.75, 3.05) is 19.8 Å². The number of rotatable bonds is 7. The number of benzene rings is 1. The van der Waals surface area contributed by atoms with Crippen LogP contribution in [0.5, 0.6) is 5.75 Å². The SMILES string of the molecule is CCCNCc1ccc(OCC2CCCO2)cc1. The van der Waals surface area contributed by atoms with Gasteiger partial charge in [0.25, 0.3) is 0 Å². The summed E-state index contributed by atoms with van der Waals surface area (Å²) >= 11 is 0. The van der Waals surface area contributed by atoms with Gasteiger partial charge in [-0.3, -0.25) is 0 Å². The first kappa shape index (κ1) is 13.4. The Kier molecular flexibility index (Phi) is 5.49. The monoisotopic (exact) mass is 249 g/mol. The zero-order valence-corrected chi connectivity index (χ0v) is 11.2. The van der Waals surface area contributed by atoms with Crippen LogP contribution in [0.1, 0.15) is 31.7 Å². The van der Waals surface area contributed by atoms with Crippen LogP contribution >= 0.6 is 0 Å². The lowest BCUT2D eigenvalue weighted by Gasteiger charge is -2.11. The zero-order valence-electron chi connectivity index (χ0n) is 11.2. The summed E-state index contributed by atoms with van der Waals surface area (Å²) in [4.78, 5) is 0. The lowest BCUT2D eigenvalue weighted by Crippen LogP contribution is -2.16. The van der Waals surface area contributed by atoms with Gasteiger partial charge in [0.2, 0.25) is 0 Å². The van der Waals surface area contributed by atoms with Crippen LogP contribution in [-0.4, -0.2) is 25.9 Å². The van der Waals surface area contributed by atoms with E-state index in [4.69, 9.17) is 9.47 Å². The van der Waals surface area contributed by atoms with Crippen LogP contribution in [0.25, 0.3) is 0 Å². The number of hydrogen-bond acceptors (Lipinski definition) is 3. The second kappa shape index (κ2) is 7.39. The Labute approximate surface area is 109 Å². The average molecular weight is 249 g/mol. The molecule has 1 aromatic carbocycles. The van der Waals surface area contributed by atoms with Gasteiger partial charge in [-0.05, 0) is 43.5 Å². The lowest BCUT2D eigenvalue weighted by atomic mass is 10.2. The minimum Gasteiger partial charge on any atom is -0.491 e. The van der Waals surface area contributed by atoms with E-state index in [0.29, 0.717) is 6.61 Å². The first-order valence-corrected chi connectivity index (χ1v) is 6.92. The van der Waals surface area contributed by atoms with E-state index in [9.17, 15) is 0 Å². The molecule has 1 atom stereocenters. The third-order valence-electron chi connectivity index (χ3n) is 3.14. The van der Waals surface area contributed by atoms with Crippen LogP contribution in [0.4, 0.5) is 0 Å². The molecule has 1 aromatic rings. The van der Waals surface area contributed by atoms with Crippen LogP contribution in [-0.2, 0) is 11.3 Å². The van der Waals surface area contributed by atoms with Crippen molar-refractivity contribution < 1.29 is 9.47 Å². The molecule has 1 aliphatic heterocycles. The quantitative estimate of drug-likeness (QED) is 0.754. The fourth-order valence-electron chi connectivity index (χ4n) is 2.08. The summed E-state index contributed by atoms with van der Waals surface area (Å²) in [5, 5.41) is 3.39. The minimum atomic E-state index is 0.288. The molecule has 1 saturated heterocycles. The zero-order chi connectivity index (χ0) is 12.6. The van der Waals surface area contributed by atoms with Crippen molar-refractivity contribution >= 4 is 0 Å². The summed E-state index contributed by atoms with van der Waals surface area (Å²) in [6, 6.07) is 8.32. The Balaban J connectivity index is 1.72. The van der Waals surface area contributed by atoms with Gasteiger partial charge >= 0.3 is 0 Å². The van der Waals surface area contributed by atoms with Crippen molar-refractivity contribution in [1.29, 1.82) is 0 Å². The Morgan fingerprint density at radius 1 is 1.33 bits per heavy atom. The summed E-state index contributed by atoms with van der Waals surface area (Å²) in [5.74, 6) is 0.935. The van der Waals surface area contributed by atoms with Crippen molar-refractivity contribution in [2.45, 2.75) is 38.8 Å². The van der Waals surface area contributed by atoms with E-state index >= 15 is 0 Å². The van der Waals surface area contributed by atoms with Crippen molar-refractivity contribution in [1.82, 2.24) is 5.32 Å². The van der Waals surface area contributed by atoms with Crippen molar-refractivity contribution in [3.63, 3.8) is 0 Å². The van der Waals surface area contributed by atoms with Gasteiger partial charge in [0, 0.05) is 13.2 Å². The highest BCUT2D eigenvalue weighted by Crippen LogP contribution is 2.16. The summed E-state index contributed by atoms with van der Waals surface area (Å²) in [7, 11) is 0. The number of hydrogen-bond donors (Lipinski definition) is 1. The Morgan fingerprint density at radius 3 is 2.83 bits per heavy atom.